The number of hydrogen-bond acceptors (Lipinski definition) is 4. The van der Waals surface area contributed by atoms with Crippen molar-refractivity contribution in [3.8, 4) is 11.5 Å². The lowest BCUT2D eigenvalue weighted by atomic mass is 10.1. The van der Waals surface area contributed by atoms with Crippen molar-refractivity contribution in [2.24, 2.45) is 0 Å². The van der Waals surface area contributed by atoms with E-state index in [-0.39, 0.29) is 12.3 Å². The zero-order valence-corrected chi connectivity index (χ0v) is 14.2. The van der Waals surface area contributed by atoms with E-state index in [4.69, 9.17) is 9.47 Å². The van der Waals surface area contributed by atoms with Crippen molar-refractivity contribution in [3.63, 3.8) is 0 Å². The highest BCUT2D eigenvalue weighted by atomic mass is 16.6. The molecule has 0 radical (unpaired) electrons. The average Bonchev–Trinajstić information content (AvgIpc) is 3.09. The third kappa shape index (κ3) is 3.69. The van der Waals surface area contributed by atoms with Crippen LogP contribution in [0.4, 0.5) is 5.82 Å². The minimum atomic E-state index is -0.100. The number of nitrogens with zero attached hydrogens (tertiary/aromatic N) is 2. The maximum atomic E-state index is 12.4. The van der Waals surface area contributed by atoms with Gasteiger partial charge in [-0.05, 0) is 23.3 Å². The van der Waals surface area contributed by atoms with E-state index >= 15 is 0 Å². The van der Waals surface area contributed by atoms with Crippen molar-refractivity contribution in [1.29, 1.82) is 0 Å². The Hall–Kier alpha value is -3.28. The van der Waals surface area contributed by atoms with Crippen LogP contribution in [0.3, 0.4) is 0 Å². The molecule has 132 valence electrons. The molecule has 0 fully saturated rings. The molecule has 6 nitrogen and oxygen atoms in total. The van der Waals surface area contributed by atoms with Crippen LogP contribution in [0, 0.1) is 0 Å². The van der Waals surface area contributed by atoms with Gasteiger partial charge in [0.15, 0.2) is 11.5 Å². The van der Waals surface area contributed by atoms with Gasteiger partial charge in [-0.2, -0.15) is 5.10 Å². The molecule has 26 heavy (non-hydrogen) atoms. The first kappa shape index (κ1) is 16.2. The monoisotopic (exact) mass is 349 g/mol. The number of hydrogen-bond donors (Lipinski definition) is 1. The number of fused-ring (bicyclic) bond motifs is 1. The van der Waals surface area contributed by atoms with Crippen molar-refractivity contribution in [2.45, 2.75) is 13.0 Å². The molecule has 0 aliphatic carbocycles. The van der Waals surface area contributed by atoms with Crippen molar-refractivity contribution in [3.05, 3.63) is 71.9 Å². The lowest BCUT2D eigenvalue weighted by Crippen LogP contribution is -2.19. The average molecular weight is 349 g/mol. The number of carbonyl (C=O) groups excluding carboxylic acids is 1. The van der Waals surface area contributed by atoms with Crippen LogP contribution in [0.15, 0.2) is 60.8 Å². The molecule has 0 saturated carbocycles. The Kier molecular flexibility index (Phi) is 4.55. The van der Waals surface area contributed by atoms with E-state index in [0.717, 1.165) is 16.9 Å². The first-order valence-electron chi connectivity index (χ1n) is 8.52. The Labute approximate surface area is 151 Å². The zero-order chi connectivity index (χ0) is 17.8. The highest BCUT2D eigenvalue weighted by molar-refractivity contribution is 5.91. The number of amides is 1. The smallest absolute Gasteiger partial charge is 0.229 e. The fraction of sp³-hybridized carbons (Fsp3) is 0.200. The largest absolute Gasteiger partial charge is 0.486 e. The number of ether oxygens (including phenoxy) is 2. The topological polar surface area (TPSA) is 65.4 Å². The molecule has 3 aromatic rings. The minimum Gasteiger partial charge on any atom is -0.486 e. The van der Waals surface area contributed by atoms with Crippen molar-refractivity contribution < 1.29 is 14.3 Å². The van der Waals surface area contributed by atoms with Crippen LogP contribution in [-0.2, 0) is 17.8 Å². The molecule has 0 atom stereocenters. The standard InChI is InChI=1S/C20H19N3O3/c24-20(13-16-6-7-17-18(12-16)26-11-10-25-17)22-19-8-9-21-23(19)14-15-4-2-1-3-5-15/h1-9,12H,10-11,13-14H2,(H,22,24). The van der Waals surface area contributed by atoms with Gasteiger partial charge in [0, 0.05) is 6.07 Å². The molecule has 1 aliphatic rings. The summed E-state index contributed by atoms with van der Waals surface area (Å²) in [6.07, 6.45) is 1.94. The zero-order valence-electron chi connectivity index (χ0n) is 14.2. The first-order chi connectivity index (χ1) is 12.8. The molecule has 0 bridgehead atoms. The molecule has 2 heterocycles. The number of aromatic nitrogens is 2. The van der Waals surface area contributed by atoms with Crippen LogP contribution in [0.1, 0.15) is 11.1 Å². The summed E-state index contributed by atoms with van der Waals surface area (Å²) in [5.41, 5.74) is 2.00. The second-order valence-electron chi connectivity index (χ2n) is 6.06. The predicted octanol–water partition coefficient (Wildman–Crippen LogP) is 2.88. The number of benzene rings is 2. The van der Waals surface area contributed by atoms with Crippen molar-refractivity contribution >= 4 is 11.7 Å². The molecule has 1 aromatic heterocycles. The molecular formula is C20H19N3O3. The molecule has 2 aromatic carbocycles. The van der Waals surface area contributed by atoms with Crippen molar-refractivity contribution in [1.82, 2.24) is 9.78 Å². The van der Waals surface area contributed by atoms with E-state index in [1.54, 1.807) is 16.9 Å². The van der Waals surface area contributed by atoms with E-state index in [1.165, 1.54) is 0 Å². The van der Waals surface area contributed by atoms with Gasteiger partial charge >= 0.3 is 0 Å². The van der Waals surface area contributed by atoms with Crippen LogP contribution in [0.25, 0.3) is 0 Å². The molecule has 0 unspecified atom stereocenters. The van der Waals surface area contributed by atoms with Gasteiger partial charge in [-0.25, -0.2) is 4.68 Å². The van der Waals surface area contributed by atoms with Crippen LogP contribution in [-0.4, -0.2) is 28.9 Å². The normalized spacial score (nSPS) is 12.6. The second-order valence-corrected chi connectivity index (χ2v) is 6.06. The number of nitrogens with one attached hydrogen (secondary N) is 1. The molecular weight excluding hydrogens is 330 g/mol. The van der Waals surface area contributed by atoms with E-state index in [2.05, 4.69) is 10.4 Å². The molecule has 0 spiro atoms. The third-order valence-corrected chi connectivity index (χ3v) is 4.13. The first-order valence-corrected chi connectivity index (χ1v) is 8.52. The quantitative estimate of drug-likeness (QED) is 0.769. The lowest BCUT2D eigenvalue weighted by Gasteiger charge is -2.18. The Morgan fingerprint density at radius 3 is 2.65 bits per heavy atom. The van der Waals surface area contributed by atoms with Crippen LogP contribution >= 0.6 is 0 Å². The summed E-state index contributed by atoms with van der Waals surface area (Å²) in [4.78, 5) is 12.4. The highest BCUT2D eigenvalue weighted by Gasteiger charge is 2.14. The fourth-order valence-electron chi connectivity index (χ4n) is 2.89. The lowest BCUT2D eigenvalue weighted by molar-refractivity contribution is -0.115. The Morgan fingerprint density at radius 1 is 1.00 bits per heavy atom. The third-order valence-electron chi connectivity index (χ3n) is 4.13. The van der Waals surface area contributed by atoms with Gasteiger partial charge in [0.1, 0.15) is 19.0 Å². The van der Waals surface area contributed by atoms with Gasteiger partial charge in [0.25, 0.3) is 0 Å². The van der Waals surface area contributed by atoms with Gasteiger partial charge < -0.3 is 14.8 Å². The van der Waals surface area contributed by atoms with E-state index in [1.807, 2.05) is 48.5 Å². The van der Waals surface area contributed by atoms with Crippen LogP contribution in [0.2, 0.25) is 0 Å². The van der Waals surface area contributed by atoms with Crippen LogP contribution in [0.5, 0.6) is 11.5 Å². The van der Waals surface area contributed by atoms with E-state index in [9.17, 15) is 4.79 Å². The minimum absolute atomic E-state index is 0.100. The highest BCUT2D eigenvalue weighted by Crippen LogP contribution is 2.30. The summed E-state index contributed by atoms with van der Waals surface area (Å²) >= 11 is 0. The number of rotatable bonds is 5. The summed E-state index contributed by atoms with van der Waals surface area (Å²) in [5, 5.41) is 7.22. The van der Waals surface area contributed by atoms with Gasteiger partial charge in [0.05, 0.1) is 19.2 Å². The summed E-state index contributed by atoms with van der Waals surface area (Å²) in [6.45, 7) is 1.69. The molecule has 1 aliphatic heterocycles. The Balaban J connectivity index is 1.42. The molecule has 4 rings (SSSR count). The number of carbonyl (C=O) groups is 1. The number of anilines is 1. The van der Waals surface area contributed by atoms with Gasteiger partial charge in [0.2, 0.25) is 5.91 Å². The Bertz CT molecular complexity index is 906. The summed E-state index contributed by atoms with van der Waals surface area (Å²) in [5.74, 6) is 1.99. The molecule has 1 N–H and O–H groups in total. The molecule has 1 amide bonds. The SMILES string of the molecule is O=C(Cc1ccc2c(c1)OCCO2)Nc1ccnn1Cc1ccccc1. The Morgan fingerprint density at radius 2 is 1.81 bits per heavy atom. The summed E-state index contributed by atoms with van der Waals surface area (Å²) < 4.78 is 12.8. The molecule has 0 saturated heterocycles. The predicted molar refractivity (Wildman–Crippen MR) is 97.5 cm³/mol. The van der Waals surface area contributed by atoms with Crippen molar-refractivity contribution in [2.75, 3.05) is 18.5 Å². The maximum Gasteiger partial charge on any atom is 0.229 e. The van der Waals surface area contributed by atoms with Gasteiger partial charge in [-0.3, -0.25) is 4.79 Å². The molecule has 6 heteroatoms. The van der Waals surface area contributed by atoms with E-state index < -0.39 is 0 Å². The van der Waals surface area contributed by atoms with Gasteiger partial charge in [-0.1, -0.05) is 36.4 Å². The summed E-state index contributed by atoms with van der Waals surface area (Å²) in [6, 6.07) is 17.4. The fourth-order valence-corrected chi connectivity index (χ4v) is 2.89. The van der Waals surface area contributed by atoms with Crippen LogP contribution < -0.4 is 14.8 Å². The second kappa shape index (κ2) is 7.31. The van der Waals surface area contributed by atoms with Gasteiger partial charge in [-0.15, -0.1) is 0 Å². The maximum absolute atomic E-state index is 12.4. The van der Waals surface area contributed by atoms with E-state index in [0.29, 0.717) is 31.3 Å². The summed E-state index contributed by atoms with van der Waals surface area (Å²) in [7, 11) is 0.